The van der Waals surface area contributed by atoms with E-state index in [4.69, 9.17) is 4.74 Å². The SMILES string of the molecule is CCOC(=O)c1cc(Cc2ccc(C)cc2)n(C)n1. The first-order chi connectivity index (χ1) is 9.10. The first kappa shape index (κ1) is 13.3. The van der Waals surface area contributed by atoms with Crippen molar-refractivity contribution >= 4 is 5.97 Å². The largest absolute Gasteiger partial charge is 0.461 e. The van der Waals surface area contributed by atoms with Gasteiger partial charge in [0.15, 0.2) is 5.69 Å². The number of benzene rings is 1. The third-order valence-corrected chi connectivity index (χ3v) is 2.97. The number of hydrogen-bond acceptors (Lipinski definition) is 3. The van der Waals surface area contributed by atoms with Crippen molar-refractivity contribution in [3.63, 3.8) is 0 Å². The van der Waals surface area contributed by atoms with Gasteiger partial charge in [-0.15, -0.1) is 0 Å². The van der Waals surface area contributed by atoms with Gasteiger partial charge in [-0.3, -0.25) is 4.68 Å². The Labute approximate surface area is 113 Å². The third-order valence-electron chi connectivity index (χ3n) is 2.97. The number of rotatable bonds is 4. The molecule has 0 unspecified atom stereocenters. The van der Waals surface area contributed by atoms with Gasteiger partial charge in [0, 0.05) is 19.2 Å². The van der Waals surface area contributed by atoms with E-state index < -0.39 is 0 Å². The van der Waals surface area contributed by atoms with Crippen molar-refractivity contribution in [2.75, 3.05) is 6.61 Å². The van der Waals surface area contributed by atoms with Gasteiger partial charge in [-0.1, -0.05) is 29.8 Å². The second kappa shape index (κ2) is 5.69. The highest BCUT2D eigenvalue weighted by atomic mass is 16.5. The first-order valence-corrected chi connectivity index (χ1v) is 6.35. The summed E-state index contributed by atoms with van der Waals surface area (Å²) in [5.74, 6) is -0.367. The Bertz CT molecular complexity index is 570. The van der Waals surface area contributed by atoms with E-state index in [2.05, 4.69) is 36.3 Å². The lowest BCUT2D eigenvalue weighted by Gasteiger charge is -2.02. The Morgan fingerprint density at radius 2 is 2.00 bits per heavy atom. The van der Waals surface area contributed by atoms with Crippen LogP contribution in [-0.2, 0) is 18.2 Å². The number of hydrogen-bond donors (Lipinski definition) is 0. The van der Waals surface area contributed by atoms with Gasteiger partial charge in [-0.25, -0.2) is 4.79 Å². The summed E-state index contributed by atoms with van der Waals surface area (Å²) in [4.78, 5) is 11.6. The van der Waals surface area contributed by atoms with Crippen molar-refractivity contribution in [2.24, 2.45) is 7.05 Å². The van der Waals surface area contributed by atoms with Gasteiger partial charge in [-0.2, -0.15) is 5.10 Å². The molecule has 1 heterocycles. The minimum atomic E-state index is -0.367. The molecule has 1 aromatic heterocycles. The van der Waals surface area contributed by atoms with E-state index in [9.17, 15) is 4.79 Å². The molecule has 0 aliphatic rings. The number of aryl methyl sites for hydroxylation is 2. The van der Waals surface area contributed by atoms with Crippen molar-refractivity contribution in [3.05, 3.63) is 52.8 Å². The molecule has 1 aromatic carbocycles. The van der Waals surface area contributed by atoms with Gasteiger partial charge in [0.25, 0.3) is 0 Å². The van der Waals surface area contributed by atoms with E-state index in [1.165, 1.54) is 11.1 Å². The van der Waals surface area contributed by atoms with Crippen LogP contribution in [0, 0.1) is 6.92 Å². The van der Waals surface area contributed by atoms with Crippen molar-refractivity contribution in [2.45, 2.75) is 20.3 Å². The van der Waals surface area contributed by atoms with Crippen molar-refractivity contribution in [3.8, 4) is 0 Å². The van der Waals surface area contributed by atoms with Gasteiger partial charge in [0.2, 0.25) is 0 Å². The van der Waals surface area contributed by atoms with Crippen LogP contribution in [0.25, 0.3) is 0 Å². The topological polar surface area (TPSA) is 44.1 Å². The molecule has 0 aliphatic heterocycles. The van der Waals surface area contributed by atoms with Gasteiger partial charge >= 0.3 is 5.97 Å². The number of aromatic nitrogens is 2. The van der Waals surface area contributed by atoms with Crippen LogP contribution >= 0.6 is 0 Å². The summed E-state index contributed by atoms with van der Waals surface area (Å²) in [6, 6.07) is 10.1. The zero-order valence-electron chi connectivity index (χ0n) is 11.5. The molecule has 0 amide bonds. The van der Waals surface area contributed by atoms with E-state index in [0.717, 1.165) is 12.1 Å². The van der Waals surface area contributed by atoms with E-state index in [-0.39, 0.29) is 5.97 Å². The molecule has 4 heteroatoms. The lowest BCUT2D eigenvalue weighted by Crippen LogP contribution is -2.06. The van der Waals surface area contributed by atoms with E-state index in [0.29, 0.717) is 12.3 Å². The summed E-state index contributed by atoms with van der Waals surface area (Å²) in [5, 5.41) is 4.19. The smallest absolute Gasteiger partial charge is 0.358 e. The van der Waals surface area contributed by atoms with Crippen LogP contribution in [0.4, 0.5) is 0 Å². The van der Waals surface area contributed by atoms with Crippen LogP contribution in [0.2, 0.25) is 0 Å². The monoisotopic (exact) mass is 258 g/mol. The Kier molecular flexibility index (Phi) is 4.00. The van der Waals surface area contributed by atoms with Crippen molar-refractivity contribution < 1.29 is 9.53 Å². The van der Waals surface area contributed by atoms with Gasteiger partial charge in [0.05, 0.1) is 6.61 Å². The maximum atomic E-state index is 11.6. The summed E-state index contributed by atoms with van der Waals surface area (Å²) in [5.41, 5.74) is 3.79. The number of carbonyl (C=O) groups is 1. The summed E-state index contributed by atoms with van der Waals surface area (Å²) < 4.78 is 6.68. The molecule has 0 atom stereocenters. The van der Waals surface area contributed by atoms with Gasteiger partial charge in [0.1, 0.15) is 0 Å². The highest BCUT2D eigenvalue weighted by molar-refractivity contribution is 5.87. The minimum Gasteiger partial charge on any atom is -0.461 e. The van der Waals surface area contributed by atoms with Gasteiger partial charge < -0.3 is 4.74 Å². The zero-order valence-corrected chi connectivity index (χ0v) is 11.5. The zero-order chi connectivity index (χ0) is 13.8. The molecule has 2 aromatic rings. The molecule has 19 heavy (non-hydrogen) atoms. The fourth-order valence-corrected chi connectivity index (χ4v) is 1.89. The summed E-state index contributed by atoms with van der Waals surface area (Å²) in [6.45, 7) is 4.21. The Balaban J connectivity index is 2.17. The second-order valence-electron chi connectivity index (χ2n) is 4.53. The summed E-state index contributed by atoms with van der Waals surface area (Å²) in [6.07, 6.45) is 0.753. The molecule has 0 aliphatic carbocycles. The molecule has 0 N–H and O–H groups in total. The summed E-state index contributed by atoms with van der Waals surface area (Å²) >= 11 is 0. The normalized spacial score (nSPS) is 10.5. The van der Waals surface area contributed by atoms with Crippen LogP contribution in [0.5, 0.6) is 0 Å². The van der Waals surface area contributed by atoms with Crippen LogP contribution in [0.3, 0.4) is 0 Å². The fraction of sp³-hybridized carbons (Fsp3) is 0.333. The molecular formula is C15H18N2O2. The van der Waals surface area contributed by atoms with E-state index in [1.807, 2.05) is 7.05 Å². The average Bonchev–Trinajstić information content (AvgIpc) is 2.74. The molecule has 0 radical (unpaired) electrons. The first-order valence-electron chi connectivity index (χ1n) is 6.35. The van der Waals surface area contributed by atoms with Crippen molar-refractivity contribution in [1.29, 1.82) is 0 Å². The minimum absolute atomic E-state index is 0.364. The van der Waals surface area contributed by atoms with Crippen LogP contribution < -0.4 is 0 Å². The molecule has 4 nitrogen and oxygen atoms in total. The lowest BCUT2D eigenvalue weighted by atomic mass is 10.1. The number of ether oxygens (including phenoxy) is 1. The average molecular weight is 258 g/mol. The molecule has 0 saturated carbocycles. The van der Waals surface area contributed by atoms with Crippen LogP contribution in [0.1, 0.15) is 34.2 Å². The van der Waals surface area contributed by atoms with Gasteiger partial charge in [-0.05, 0) is 25.5 Å². The molecule has 100 valence electrons. The molecular weight excluding hydrogens is 240 g/mol. The molecule has 2 rings (SSSR count). The Morgan fingerprint density at radius 3 is 2.63 bits per heavy atom. The maximum absolute atomic E-state index is 11.6. The third kappa shape index (κ3) is 3.22. The summed E-state index contributed by atoms with van der Waals surface area (Å²) in [7, 11) is 1.84. The fourth-order valence-electron chi connectivity index (χ4n) is 1.89. The second-order valence-corrected chi connectivity index (χ2v) is 4.53. The van der Waals surface area contributed by atoms with Crippen molar-refractivity contribution in [1.82, 2.24) is 9.78 Å². The number of esters is 1. The Morgan fingerprint density at radius 1 is 1.32 bits per heavy atom. The quantitative estimate of drug-likeness (QED) is 0.791. The lowest BCUT2D eigenvalue weighted by molar-refractivity contribution is 0.0518. The molecule has 0 saturated heterocycles. The highest BCUT2D eigenvalue weighted by Crippen LogP contribution is 2.12. The molecule has 0 bridgehead atoms. The maximum Gasteiger partial charge on any atom is 0.358 e. The molecule has 0 fully saturated rings. The van der Waals surface area contributed by atoms with Crippen LogP contribution in [0.15, 0.2) is 30.3 Å². The van der Waals surface area contributed by atoms with E-state index >= 15 is 0 Å². The standard InChI is InChI=1S/C15H18N2O2/c1-4-19-15(18)14-10-13(17(3)16-14)9-12-7-5-11(2)6-8-12/h5-8,10H,4,9H2,1-3H3. The number of carbonyl (C=O) groups excluding carboxylic acids is 1. The Hall–Kier alpha value is -2.10. The number of nitrogens with zero attached hydrogens (tertiary/aromatic N) is 2. The highest BCUT2D eigenvalue weighted by Gasteiger charge is 2.13. The van der Waals surface area contributed by atoms with E-state index in [1.54, 1.807) is 17.7 Å². The predicted octanol–water partition coefficient (Wildman–Crippen LogP) is 2.50. The molecule has 0 spiro atoms. The predicted molar refractivity (Wildman–Crippen MR) is 73.1 cm³/mol. The van der Waals surface area contributed by atoms with Crippen LogP contribution in [-0.4, -0.2) is 22.4 Å².